The maximum absolute atomic E-state index is 13.2. The Labute approximate surface area is 507 Å². The second-order valence-electron chi connectivity index (χ2n) is 25.0. The summed E-state index contributed by atoms with van der Waals surface area (Å²) in [4.78, 5) is 51.6. The number of hydrogen-bond acceptors (Lipinski definition) is 12. The normalized spacial score (nSPS) is 15.1. The van der Waals surface area contributed by atoms with Gasteiger partial charge in [0.2, 0.25) is 6.23 Å². The third kappa shape index (κ3) is 41.1. The van der Waals surface area contributed by atoms with Crippen molar-refractivity contribution < 1.29 is 47.3 Å². The van der Waals surface area contributed by atoms with E-state index in [9.17, 15) is 19.2 Å². The van der Waals surface area contributed by atoms with Crippen LogP contribution in [-0.4, -0.2) is 89.4 Å². The summed E-state index contributed by atoms with van der Waals surface area (Å²) in [5.41, 5.74) is 1.97. The highest BCUT2D eigenvalue weighted by Crippen LogP contribution is 2.32. The summed E-state index contributed by atoms with van der Waals surface area (Å²) in [6.45, 7) is 13.0. The summed E-state index contributed by atoms with van der Waals surface area (Å²) in [5.74, 6) is -0.208. The van der Waals surface area contributed by atoms with Crippen molar-refractivity contribution in [3.63, 3.8) is 0 Å². The Kier molecular flexibility index (Phi) is 47.8. The van der Waals surface area contributed by atoms with Gasteiger partial charge in [-0.15, -0.1) is 4.37 Å². The molecule has 0 bridgehead atoms. The van der Waals surface area contributed by atoms with Crippen molar-refractivity contribution in [3.8, 4) is 5.88 Å². The number of carbonyl (C=O) groups is 4. The smallest absolute Gasteiger partial charge is 0.310 e. The van der Waals surface area contributed by atoms with Crippen molar-refractivity contribution in [2.75, 3.05) is 40.0 Å². The predicted octanol–water partition coefficient (Wildman–Crippen LogP) is 19.7. The first kappa shape index (κ1) is 75.0. The van der Waals surface area contributed by atoms with Crippen LogP contribution in [-0.2, 0) is 38.1 Å². The molecule has 1 aliphatic heterocycles. The minimum Gasteiger partial charge on any atom is -0.475 e. The molecule has 12 nitrogen and oxygen atoms in total. The van der Waals surface area contributed by atoms with Crippen LogP contribution in [0.3, 0.4) is 0 Å². The van der Waals surface area contributed by atoms with Crippen LogP contribution in [0.25, 0.3) is 5.57 Å². The highest BCUT2D eigenvalue weighted by Gasteiger charge is 2.36. The van der Waals surface area contributed by atoms with Gasteiger partial charge in [-0.2, -0.15) is 4.37 Å². The van der Waals surface area contributed by atoms with Gasteiger partial charge in [0.05, 0.1) is 31.9 Å². The number of nitrogens with zero attached hydrogens (tertiary/aromatic N) is 3. The van der Waals surface area contributed by atoms with Gasteiger partial charge in [-0.05, 0) is 31.6 Å². The first-order chi connectivity index (χ1) is 40.0. The Balaban J connectivity index is 1.59. The number of esters is 4. The van der Waals surface area contributed by atoms with Crippen LogP contribution in [0.5, 0.6) is 5.88 Å². The lowest BCUT2D eigenvalue weighted by atomic mass is 9.98. The Hall–Kier alpha value is -3.06. The second kappa shape index (κ2) is 52.3. The maximum Gasteiger partial charge on any atom is 0.310 e. The minimum atomic E-state index is -0.806. The molecule has 0 aromatic carbocycles. The molecule has 2 rings (SSSR count). The summed E-state index contributed by atoms with van der Waals surface area (Å²) in [5, 5.41) is 0. The van der Waals surface area contributed by atoms with Gasteiger partial charge in [0.1, 0.15) is 25.5 Å². The van der Waals surface area contributed by atoms with Crippen molar-refractivity contribution in [1.29, 1.82) is 0 Å². The third-order valence-electron chi connectivity index (χ3n) is 17.0. The molecule has 0 radical (unpaired) electrons. The largest absolute Gasteiger partial charge is 0.475 e. The number of carbonyl (C=O) groups excluding carboxylic acids is 4. The first-order valence-electron chi connectivity index (χ1n) is 34.7. The summed E-state index contributed by atoms with van der Waals surface area (Å²) in [6, 6.07) is 0. The fourth-order valence-corrected chi connectivity index (χ4v) is 11.8. The van der Waals surface area contributed by atoms with Crippen molar-refractivity contribution in [2.24, 2.45) is 5.92 Å². The van der Waals surface area contributed by atoms with Gasteiger partial charge in [0.15, 0.2) is 6.10 Å². The van der Waals surface area contributed by atoms with E-state index in [2.05, 4.69) is 49.6 Å². The SMILES string of the molecule is CCCCCCCCCCCCCCCC(=O)OCC(COC(=O)CCCCCCCCCCCCCCC)OC(=O)CC(C)CCCCCCCCCCCCCC(=O)OC(C)[N+]1(C)CCC=C(c2nsnc2OCCCCCC)C1. The monoisotopic (exact) mass is 1170 g/mol. The number of aromatic nitrogens is 2. The number of quaternary nitrogens is 1. The Morgan fingerprint density at radius 2 is 0.878 bits per heavy atom. The number of ether oxygens (including phenoxy) is 5. The summed E-state index contributed by atoms with van der Waals surface area (Å²) in [7, 11) is 2.17. The van der Waals surface area contributed by atoms with Crippen molar-refractivity contribution >= 4 is 41.2 Å². The number of hydrogen-bond donors (Lipinski definition) is 0. The van der Waals surface area contributed by atoms with Crippen molar-refractivity contribution in [2.45, 2.75) is 349 Å². The third-order valence-corrected chi connectivity index (χ3v) is 17.5. The van der Waals surface area contributed by atoms with Gasteiger partial charge in [-0.25, -0.2) is 0 Å². The topological polar surface area (TPSA) is 140 Å². The van der Waals surface area contributed by atoms with Gasteiger partial charge < -0.3 is 23.7 Å². The van der Waals surface area contributed by atoms with E-state index in [1.807, 2.05) is 6.92 Å². The Bertz CT molecular complexity index is 1690. The molecule has 0 saturated heterocycles. The summed E-state index contributed by atoms with van der Waals surface area (Å²) >= 11 is 1.20. The predicted molar refractivity (Wildman–Crippen MR) is 340 cm³/mol. The summed E-state index contributed by atoms with van der Waals surface area (Å²) < 4.78 is 38.8. The van der Waals surface area contributed by atoms with Crippen LogP contribution in [0.15, 0.2) is 6.08 Å². The lowest BCUT2D eigenvalue weighted by molar-refractivity contribution is -0.944. The average molecular weight is 1170 g/mol. The van der Waals surface area contributed by atoms with Crippen LogP contribution in [0.1, 0.15) is 342 Å². The molecule has 0 aliphatic carbocycles. The average Bonchev–Trinajstić information content (AvgIpc) is 4.03. The van der Waals surface area contributed by atoms with Crippen molar-refractivity contribution in [1.82, 2.24) is 8.75 Å². The van der Waals surface area contributed by atoms with Gasteiger partial charge >= 0.3 is 23.9 Å². The van der Waals surface area contributed by atoms with E-state index in [1.54, 1.807) is 0 Å². The Morgan fingerprint density at radius 3 is 1.32 bits per heavy atom. The molecule has 2 heterocycles. The van der Waals surface area contributed by atoms with Gasteiger partial charge in [-0.1, -0.05) is 278 Å². The molecule has 1 aromatic heterocycles. The molecule has 1 aliphatic rings. The minimum absolute atomic E-state index is 0.0938. The zero-order chi connectivity index (χ0) is 59.4. The molecule has 0 amide bonds. The standard InChI is InChI=1S/C69H126N3O9S/c1-7-10-13-16-18-20-22-24-28-32-36-40-44-51-64(73)78-58-63(59-79-65(74)52-45-41-37-33-29-25-23-21-19-17-14-11-8-2)81-67(76)56-60(4)49-43-39-35-31-27-26-30-34-38-42-46-53-66(75)80-61(5)72(6)54-48-50-62(57-72)68-69(71-82-70-68)77-55-47-15-12-9-3/h50,60-61,63H,7-49,51-59H2,1-6H3/q+1. The summed E-state index contributed by atoms with van der Waals surface area (Å²) in [6.07, 6.45) is 54.0. The van der Waals surface area contributed by atoms with E-state index >= 15 is 0 Å². The number of likely N-dealkylation sites (N-methyl/N-ethyl adjacent to an activating group) is 1. The van der Waals surface area contributed by atoms with E-state index in [0.29, 0.717) is 36.2 Å². The molecule has 0 N–H and O–H groups in total. The Morgan fingerprint density at radius 1 is 0.488 bits per heavy atom. The van der Waals surface area contributed by atoms with Crippen LogP contribution in [0, 0.1) is 5.92 Å². The zero-order valence-corrected chi connectivity index (χ0v) is 54.8. The van der Waals surface area contributed by atoms with Crippen LogP contribution in [0.2, 0.25) is 0 Å². The fourth-order valence-electron chi connectivity index (χ4n) is 11.3. The molecule has 0 spiro atoms. The highest BCUT2D eigenvalue weighted by molar-refractivity contribution is 6.99. The van der Waals surface area contributed by atoms with E-state index < -0.39 is 6.10 Å². The molecule has 82 heavy (non-hydrogen) atoms. The number of rotatable bonds is 58. The zero-order valence-electron chi connectivity index (χ0n) is 54.0. The molecule has 0 saturated carbocycles. The molecule has 3 unspecified atom stereocenters. The molecule has 13 heteroatoms. The van der Waals surface area contributed by atoms with Crippen LogP contribution in [0.4, 0.5) is 0 Å². The second-order valence-corrected chi connectivity index (χ2v) is 25.5. The molecule has 476 valence electrons. The van der Waals surface area contributed by atoms with E-state index in [4.69, 9.17) is 23.7 Å². The van der Waals surface area contributed by atoms with Crippen LogP contribution < -0.4 is 4.74 Å². The fraction of sp³-hybridized carbons (Fsp3) is 0.884. The molecular formula is C69H126N3O9S+. The van der Waals surface area contributed by atoms with Gasteiger partial charge in [-0.3, -0.25) is 23.7 Å². The molecular weight excluding hydrogens is 1050 g/mol. The van der Waals surface area contributed by atoms with Crippen molar-refractivity contribution in [3.05, 3.63) is 11.8 Å². The molecule has 1 aromatic rings. The quantitative estimate of drug-likeness (QED) is 0.0266. The maximum atomic E-state index is 13.2. The lowest BCUT2D eigenvalue weighted by Crippen LogP contribution is -2.55. The number of unbranched alkanes of at least 4 members (excludes halogenated alkanes) is 37. The first-order valence-corrected chi connectivity index (χ1v) is 35.4. The molecule has 3 atom stereocenters. The van der Waals surface area contributed by atoms with E-state index in [1.165, 1.54) is 192 Å². The molecule has 0 fully saturated rings. The highest BCUT2D eigenvalue weighted by atomic mass is 32.1. The van der Waals surface area contributed by atoms with Gasteiger partial charge in [0.25, 0.3) is 5.88 Å². The van der Waals surface area contributed by atoms with Crippen LogP contribution >= 0.6 is 11.7 Å². The van der Waals surface area contributed by atoms with E-state index in [0.717, 1.165) is 121 Å². The van der Waals surface area contributed by atoms with E-state index in [-0.39, 0.29) is 55.7 Å². The lowest BCUT2D eigenvalue weighted by Gasteiger charge is -2.41. The van der Waals surface area contributed by atoms with Gasteiger partial charge in [0, 0.05) is 44.6 Å².